The lowest BCUT2D eigenvalue weighted by Crippen LogP contribution is -2.32. The molecule has 2 heterocycles. The molecule has 2 aromatic heterocycles. The normalized spacial score (nSPS) is 10.6. The minimum absolute atomic E-state index is 0.119. The highest BCUT2D eigenvalue weighted by molar-refractivity contribution is 5.78. The van der Waals surface area contributed by atoms with E-state index in [1.54, 1.807) is 4.68 Å². The molecule has 0 saturated carbocycles. The first-order valence-electron chi connectivity index (χ1n) is 7.71. The molecule has 3 rings (SSSR count). The van der Waals surface area contributed by atoms with Crippen LogP contribution in [-0.4, -0.2) is 31.8 Å². The van der Waals surface area contributed by atoms with Crippen molar-refractivity contribution in [1.29, 1.82) is 0 Å². The highest BCUT2D eigenvalue weighted by Gasteiger charge is 2.13. The Bertz CT molecular complexity index is 1040. The average molecular weight is 335 g/mol. The summed E-state index contributed by atoms with van der Waals surface area (Å²) in [5.74, 6) is 1.97. The van der Waals surface area contributed by atoms with E-state index >= 15 is 0 Å². The molecule has 0 aliphatic rings. The van der Waals surface area contributed by atoms with Gasteiger partial charge in [-0.1, -0.05) is 12.0 Å². The number of fused-ring (bicyclic) bond motifs is 1. The molecule has 0 atom stereocenters. The van der Waals surface area contributed by atoms with Gasteiger partial charge in [0.25, 0.3) is 5.56 Å². The number of amides is 1. The summed E-state index contributed by atoms with van der Waals surface area (Å²) in [6.07, 6.45) is 7.92. The van der Waals surface area contributed by atoms with E-state index in [1.807, 2.05) is 26.0 Å². The van der Waals surface area contributed by atoms with Gasteiger partial charge in [0.05, 0.1) is 18.4 Å². The van der Waals surface area contributed by atoms with Crippen LogP contribution in [0.3, 0.4) is 0 Å². The SMILES string of the molecule is C#CCNC(=O)Cn1cnc2c(cnn2-c2cc(C)cc(C)c2)c1=O. The first-order valence-corrected chi connectivity index (χ1v) is 7.71. The van der Waals surface area contributed by atoms with Crippen LogP contribution < -0.4 is 10.9 Å². The Morgan fingerprint density at radius 1 is 1.28 bits per heavy atom. The topological polar surface area (TPSA) is 81.8 Å². The highest BCUT2D eigenvalue weighted by Crippen LogP contribution is 2.16. The van der Waals surface area contributed by atoms with Crippen molar-refractivity contribution in [3.63, 3.8) is 0 Å². The Kier molecular flexibility index (Phi) is 4.35. The van der Waals surface area contributed by atoms with Gasteiger partial charge in [-0.25, -0.2) is 9.67 Å². The number of rotatable bonds is 4. The molecule has 0 aliphatic carbocycles. The largest absolute Gasteiger partial charge is 0.344 e. The Morgan fingerprint density at radius 3 is 2.68 bits per heavy atom. The van der Waals surface area contributed by atoms with Crippen LogP contribution in [0.5, 0.6) is 0 Å². The van der Waals surface area contributed by atoms with E-state index in [-0.39, 0.29) is 24.6 Å². The zero-order valence-electron chi connectivity index (χ0n) is 14.0. The molecule has 1 aromatic carbocycles. The van der Waals surface area contributed by atoms with Crippen LogP contribution in [0.4, 0.5) is 0 Å². The molecule has 0 fully saturated rings. The minimum atomic E-state index is -0.345. The summed E-state index contributed by atoms with van der Waals surface area (Å²) in [7, 11) is 0. The van der Waals surface area contributed by atoms with Gasteiger partial charge in [0.1, 0.15) is 18.3 Å². The maximum atomic E-state index is 12.6. The van der Waals surface area contributed by atoms with E-state index in [4.69, 9.17) is 6.42 Å². The molecule has 126 valence electrons. The monoisotopic (exact) mass is 335 g/mol. The van der Waals surface area contributed by atoms with E-state index < -0.39 is 0 Å². The van der Waals surface area contributed by atoms with Gasteiger partial charge < -0.3 is 5.32 Å². The summed E-state index contributed by atoms with van der Waals surface area (Å²) in [6, 6.07) is 6.00. The van der Waals surface area contributed by atoms with Crippen LogP contribution in [0.1, 0.15) is 11.1 Å². The molecule has 0 spiro atoms. The van der Waals surface area contributed by atoms with Crippen LogP contribution in [0.15, 0.2) is 35.5 Å². The van der Waals surface area contributed by atoms with E-state index in [0.717, 1.165) is 16.8 Å². The van der Waals surface area contributed by atoms with Gasteiger partial charge in [-0.2, -0.15) is 5.10 Å². The van der Waals surface area contributed by atoms with Crippen molar-refractivity contribution in [1.82, 2.24) is 24.6 Å². The van der Waals surface area contributed by atoms with Crippen LogP contribution in [0.2, 0.25) is 0 Å². The molecule has 0 unspecified atom stereocenters. The van der Waals surface area contributed by atoms with Gasteiger partial charge in [-0.05, 0) is 37.1 Å². The number of hydrogen-bond acceptors (Lipinski definition) is 4. The maximum absolute atomic E-state index is 12.6. The summed E-state index contributed by atoms with van der Waals surface area (Å²) >= 11 is 0. The molecule has 0 radical (unpaired) electrons. The maximum Gasteiger partial charge on any atom is 0.264 e. The van der Waals surface area contributed by atoms with Crippen molar-refractivity contribution in [2.45, 2.75) is 20.4 Å². The Labute approximate surface area is 144 Å². The molecule has 3 aromatic rings. The number of nitrogens with zero attached hydrogens (tertiary/aromatic N) is 4. The first kappa shape index (κ1) is 16.5. The lowest BCUT2D eigenvalue weighted by atomic mass is 10.1. The van der Waals surface area contributed by atoms with Crippen molar-refractivity contribution in [3.8, 4) is 18.0 Å². The Hall–Kier alpha value is -3.40. The van der Waals surface area contributed by atoms with Crippen molar-refractivity contribution < 1.29 is 4.79 Å². The molecule has 0 aliphatic heterocycles. The summed E-state index contributed by atoms with van der Waals surface area (Å²) < 4.78 is 2.86. The number of nitrogens with one attached hydrogen (secondary N) is 1. The van der Waals surface area contributed by atoms with E-state index in [9.17, 15) is 9.59 Å². The molecule has 7 heteroatoms. The molecular formula is C18H17N5O2. The van der Waals surface area contributed by atoms with Gasteiger partial charge in [-0.15, -0.1) is 6.42 Å². The predicted molar refractivity (Wildman–Crippen MR) is 94.4 cm³/mol. The summed E-state index contributed by atoms with van der Waals surface area (Å²) in [6.45, 7) is 3.97. The van der Waals surface area contributed by atoms with Gasteiger partial charge in [0.2, 0.25) is 5.91 Å². The number of terminal acetylenes is 1. The molecule has 7 nitrogen and oxygen atoms in total. The molecule has 1 amide bonds. The lowest BCUT2D eigenvalue weighted by Gasteiger charge is -2.07. The standard InChI is InChI=1S/C18H17N5O2/c1-4-5-19-16(24)10-22-11-20-17-15(18(22)25)9-21-23(17)14-7-12(2)6-13(3)8-14/h1,6-9,11H,5,10H2,2-3H3,(H,19,24). The molecule has 0 bridgehead atoms. The zero-order chi connectivity index (χ0) is 18.0. The van der Waals surface area contributed by atoms with E-state index in [0.29, 0.717) is 11.0 Å². The van der Waals surface area contributed by atoms with Crippen LogP contribution in [0.25, 0.3) is 16.7 Å². The first-order chi connectivity index (χ1) is 12.0. The van der Waals surface area contributed by atoms with E-state index in [1.165, 1.54) is 17.1 Å². The summed E-state index contributed by atoms with van der Waals surface area (Å²) in [5.41, 5.74) is 3.16. The van der Waals surface area contributed by atoms with Crippen molar-refractivity contribution >= 4 is 16.9 Å². The minimum Gasteiger partial charge on any atom is -0.344 e. The fourth-order valence-electron chi connectivity index (χ4n) is 2.68. The Balaban J connectivity index is 2.01. The number of hydrogen-bond donors (Lipinski definition) is 1. The number of carbonyl (C=O) groups is 1. The fraction of sp³-hybridized carbons (Fsp3) is 0.222. The summed E-state index contributed by atoms with van der Waals surface area (Å²) in [4.78, 5) is 28.6. The number of aromatic nitrogens is 4. The number of benzene rings is 1. The molecule has 25 heavy (non-hydrogen) atoms. The van der Waals surface area contributed by atoms with Gasteiger partial charge in [0.15, 0.2) is 5.65 Å². The van der Waals surface area contributed by atoms with E-state index in [2.05, 4.69) is 27.4 Å². The number of carbonyl (C=O) groups excluding carboxylic acids is 1. The average Bonchev–Trinajstić information content (AvgIpc) is 2.99. The second-order valence-corrected chi connectivity index (χ2v) is 5.80. The second kappa shape index (κ2) is 6.61. The van der Waals surface area contributed by atoms with Gasteiger partial charge in [-0.3, -0.25) is 14.2 Å². The van der Waals surface area contributed by atoms with Crippen molar-refractivity contribution in [2.75, 3.05) is 6.54 Å². The quantitative estimate of drug-likeness (QED) is 0.720. The molecule has 0 saturated heterocycles. The smallest absolute Gasteiger partial charge is 0.264 e. The zero-order valence-corrected chi connectivity index (χ0v) is 14.0. The predicted octanol–water partition coefficient (Wildman–Crippen LogP) is 0.948. The third-order valence-corrected chi connectivity index (χ3v) is 3.71. The van der Waals surface area contributed by atoms with Crippen LogP contribution in [-0.2, 0) is 11.3 Å². The van der Waals surface area contributed by atoms with Gasteiger partial charge >= 0.3 is 0 Å². The van der Waals surface area contributed by atoms with Crippen LogP contribution >= 0.6 is 0 Å². The van der Waals surface area contributed by atoms with Crippen molar-refractivity contribution in [2.24, 2.45) is 0 Å². The second-order valence-electron chi connectivity index (χ2n) is 5.80. The fourth-order valence-corrected chi connectivity index (χ4v) is 2.68. The lowest BCUT2D eigenvalue weighted by molar-refractivity contribution is -0.121. The molecular weight excluding hydrogens is 318 g/mol. The van der Waals surface area contributed by atoms with Gasteiger partial charge in [0, 0.05) is 0 Å². The summed E-state index contributed by atoms with van der Waals surface area (Å²) in [5, 5.41) is 7.16. The van der Waals surface area contributed by atoms with Crippen molar-refractivity contribution in [3.05, 3.63) is 52.2 Å². The third-order valence-electron chi connectivity index (χ3n) is 3.71. The highest BCUT2D eigenvalue weighted by atomic mass is 16.2. The Morgan fingerprint density at radius 2 is 2.00 bits per heavy atom. The number of aryl methyl sites for hydroxylation is 2. The third kappa shape index (κ3) is 3.28. The van der Waals surface area contributed by atoms with Crippen LogP contribution in [0, 0.1) is 26.2 Å². The molecule has 1 N–H and O–H groups in total.